The first-order valence-corrected chi connectivity index (χ1v) is 12.7. The average Bonchev–Trinajstić information content (AvgIpc) is 2.97. The largest absolute Gasteiger partial charge is 0.496 e. The lowest BCUT2D eigenvalue weighted by atomic mass is 10.1. The summed E-state index contributed by atoms with van der Waals surface area (Å²) < 4.78 is 10.3. The molecule has 0 saturated carbocycles. The Kier molecular flexibility index (Phi) is 10.4. The molecule has 0 spiro atoms. The Morgan fingerprint density at radius 3 is 1.43 bits per heavy atom. The molecule has 0 saturated heterocycles. The molecular weight excluding hydrogens is 538 g/mol. The lowest BCUT2D eigenvalue weighted by Crippen LogP contribution is -2.18. The molecule has 10 heteroatoms. The van der Waals surface area contributed by atoms with Crippen molar-refractivity contribution in [3.05, 3.63) is 118 Å². The number of amides is 3. The van der Waals surface area contributed by atoms with Crippen LogP contribution in [0.4, 0.5) is 11.4 Å². The molecule has 0 unspecified atom stereocenters. The first kappa shape index (κ1) is 30.9. The molecule has 10 nitrogen and oxygen atoms in total. The number of methoxy groups -OCH3 is 2. The van der Waals surface area contributed by atoms with Gasteiger partial charge in [-0.1, -0.05) is 36.4 Å². The molecule has 216 valence electrons. The third-order valence-corrected chi connectivity index (χ3v) is 6.05. The molecule has 4 aromatic carbocycles. The summed E-state index contributed by atoms with van der Waals surface area (Å²) in [5.74, 6) is -1.57. The minimum Gasteiger partial charge on any atom is -0.496 e. The molecule has 4 aromatic rings. The van der Waals surface area contributed by atoms with Gasteiger partial charge in [-0.2, -0.15) is 0 Å². The van der Waals surface area contributed by atoms with Crippen molar-refractivity contribution in [2.45, 2.75) is 13.8 Å². The number of para-hydroxylation sites is 2. The van der Waals surface area contributed by atoms with E-state index in [1.807, 2.05) is 13.8 Å². The number of nitrogens with one attached hydrogen (secondary N) is 2. The quantitative estimate of drug-likeness (QED) is 0.224. The predicted molar refractivity (Wildman–Crippen MR) is 160 cm³/mol. The van der Waals surface area contributed by atoms with Gasteiger partial charge in [-0.3, -0.25) is 14.4 Å². The summed E-state index contributed by atoms with van der Waals surface area (Å²) in [4.78, 5) is 47.3. The van der Waals surface area contributed by atoms with Crippen molar-refractivity contribution in [2.24, 2.45) is 5.73 Å². The monoisotopic (exact) mass is 569 g/mol. The smallest absolute Gasteiger partial charge is 0.337 e. The number of hydrogen-bond donors (Lipinski definition) is 4. The second-order valence-corrected chi connectivity index (χ2v) is 9.08. The van der Waals surface area contributed by atoms with Gasteiger partial charge in [0.05, 0.1) is 47.8 Å². The van der Waals surface area contributed by atoms with Crippen LogP contribution in [-0.4, -0.2) is 43.0 Å². The number of carbonyl (C=O) groups excluding carboxylic acids is 3. The van der Waals surface area contributed by atoms with E-state index in [2.05, 4.69) is 10.6 Å². The molecule has 0 aliphatic heterocycles. The lowest BCUT2D eigenvalue weighted by molar-refractivity contribution is 0.0697. The van der Waals surface area contributed by atoms with Crippen molar-refractivity contribution < 1.29 is 33.8 Å². The molecule has 0 atom stereocenters. The molecule has 3 amide bonds. The van der Waals surface area contributed by atoms with Crippen LogP contribution >= 0.6 is 0 Å². The summed E-state index contributed by atoms with van der Waals surface area (Å²) in [6.45, 7) is 3.69. The van der Waals surface area contributed by atoms with Crippen LogP contribution in [0.25, 0.3) is 0 Å². The fraction of sp³-hybridized carbons (Fsp3) is 0.125. The van der Waals surface area contributed by atoms with E-state index in [0.29, 0.717) is 28.3 Å². The van der Waals surface area contributed by atoms with Crippen LogP contribution in [0.3, 0.4) is 0 Å². The standard InChI is InChI=1S/C16H16N2O3.C16H15NO4/c1-10-7-8-11(15(17)19)13(9-10)18-16(20)12-5-3-4-6-14(12)21-2;1-10-7-8-11(16(19)20)13(9-10)17-15(18)12-5-3-4-6-14(12)21-2/h3-9H,1-2H3,(H2,17,19)(H,18,20);3-9H,1-2H3,(H,17,18)(H,19,20). The van der Waals surface area contributed by atoms with Crippen molar-refractivity contribution in [2.75, 3.05) is 24.9 Å². The number of aryl methyl sites for hydroxylation is 2. The van der Waals surface area contributed by atoms with Crippen LogP contribution in [-0.2, 0) is 0 Å². The minimum absolute atomic E-state index is 0.0452. The zero-order valence-corrected chi connectivity index (χ0v) is 23.6. The summed E-state index contributed by atoms with van der Waals surface area (Å²) in [7, 11) is 2.97. The van der Waals surface area contributed by atoms with Gasteiger partial charge in [-0.25, -0.2) is 4.79 Å². The Morgan fingerprint density at radius 1 is 0.619 bits per heavy atom. The van der Waals surface area contributed by atoms with E-state index in [0.717, 1.165) is 11.1 Å². The second kappa shape index (κ2) is 14.1. The first-order valence-electron chi connectivity index (χ1n) is 12.7. The van der Waals surface area contributed by atoms with Crippen molar-refractivity contribution in [3.8, 4) is 11.5 Å². The van der Waals surface area contributed by atoms with Crippen LogP contribution in [0.5, 0.6) is 11.5 Å². The molecule has 42 heavy (non-hydrogen) atoms. The second-order valence-electron chi connectivity index (χ2n) is 9.08. The van der Waals surface area contributed by atoms with Gasteiger partial charge < -0.3 is 30.9 Å². The number of hydrogen-bond acceptors (Lipinski definition) is 6. The van der Waals surface area contributed by atoms with E-state index in [9.17, 15) is 19.2 Å². The highest BCUT2D eigenvalue weighted by Gasteiger charge is 2.17. The van der Waals surface area contributed by atoms with Gasteiger partial charge in [0.15, 0.2) is 0 Å². The number of rotatable bonds is 8. The van der Waals surface area contributed by atoms with E-state index in [1.54, 1.807) is 78.9 Å². The number of nitrogens with two attached hydrogens (primary N) is 1. The van der Waals surface area contributed by atoms with Gasteiger partial charge in [0.1, 0.15) is 11.5 Å². The van der Waals surface area contributed by atoms with Crippen molar-refractivity contribution >= 4 is 35.1 Å². The van der Waals surface area contributed by atoms with E-state index in [-0.39, 0.29) is 22.7 Å². The highest BCUT2D eigenvalue weighted by atomic mass is 16.5. The summed E-state index contributed by atoms with van der Waals surface area (Å²) in [6.07, 6.45) is 0. The number of anilines is 2. The number of primary amides is 1. The molecule has 4 rings (SSSR count). The molecule has 5 N–H and O–H groups in total. The van der Waals surface area contributed by atoms with Gasteiger partial charge in [0, 0.05) is 0 Å². The Labute approximate surface area is 243 Å². The fourth-order valence-corrected chi connectivity index (χ4v) is 3.97. The van der Waals surface area contributed by atoms with Gasteiger partial charge in [0.2, 0.25) is 0 Å². The minimum atomic E-state index is -1.09. The van der Waals surface area contributed by atoms with E-state index in [4.69, 9.17) is 20.3 Å². The molecule has 0 heterocycles. The fourth-order valence-electron chi connectivity index (χ4n) is 3.97. The molecule has 0 aliphatic rings. The third-order valence-electron chi connectivity index (χ3n) is 6.05. The molecule has 0 fully saturated rings. The van der Waals surface area contributed by atoms with Gasteiger partial charge in [-0.15, -0.1) is 0 Å². The third kappa shape index (κ3) is 7.72. The molecule has 0 bridgehead atoms. The SMILES string of the molecule is COc1ccccc1C(=O)Nc1cc(C)ccc1C(=O)O.COc1ccccc1C(=O)Nc1cc(C)ccc1C(N)=O. The summed E-state index contributed by atoms with van der Waals surface area (Å²) >= 11 is 0. The normalized spacial score (nSPS) is 10.0. The van der Waals surface area contributed by atoms with Gasteiger partial charge >= 0.3 is 5.97 Å². The van der Waals surface area contributed by atoms with Crippen LogP contribution < -0.4 is 25.8 Å². The highest BCUT2D eigenvalue weighted by molar-refractivity contribution is 6.10. The number of carboxylic acid groups (broad SMARTS) is 1. The van der Waals surface area contributed by atoms with E-state index in [1.165, 1.54) is 20.3 Å². The number of ether oxygens (including phenoxy) is 2. The van der Waals surface area contributed by atoms with Crippen molar-refractivity contribution in [3.63, 3.8) is 0 Å². The Morgan fingerprint density at radius 2 is 1.02 bits per heavy atom. The van der Waals surface area contributed by atoms with Crippen molar-refractivity contribution in [1.29, 1.82) is 0 Å². The molecule has 0 radical (unpaired) electrons. The molecular formula is C32H31N3O7. The van der Waals surface area contributed by atoms with Gasteiger partial charge in [0.25, 0.3) is 17.7 Å². The van der Waals surface area contributed by atoms with Crippen LogP contribution in [0.1, 0.15) is 52.6 Å². The summed E-state index contributed by atoms with van der Waals surface area (Å²) in [5.41, 5.74) is 8.78. The summed E-state index contributed by atoms with van der Waals surface area (Å²) in [5, 5.41) is 14.5. The molecule has 0 aliphatic carbocycles. The van der Waals surface area contributed by atoms with Crippen molar-refractivity contribution in [1.82, 2.24) is 0 Å². The maximum absolute atomic E-state index is 12.3. The number of carboxylic acids is 1. The Hall–Kier alpha value is -5.64. The zero-order valence-electron chi connectivity index (χ0n) is 23.6. The first-order chi connectivity index (χ1) is 20.0. The van der Waals surface area contributed by atoms with Crippen LogP contribution in [0.15, 0.2) is 84.9 Å². The summed E-state index contributed by atoms with van der Waals surface area (Å²) in [6, 6.07) is 23.4. The lowest BCUT2D eigenvalue weighted by Gasteiger charge is -2.12. The zero-order chi connectivity index (χ0) is 30.8. The number of benzene rings is 4. The van der Waals surface area contributed by atoms with E-state index < -0.39 is 17.8 Å². The maximum Gasteiger partial charge on any atom is 0.337 e. The molecule has 0 aromatic heterocycles. The number of carbonyl (C=O) groups is 4. The number of aromatic carboxylic acids is 1. The predicted octanol–water partition coefficient (Wildman–Crippen LogP) is 5.31. The highest BCUT2D eigenvalue weighted by Crippen LogP contribution is 2.23. The topological polar surface area (TPSA) is 157 Å². The average molecular weight is 570 g/mol. The Balaban J connectivity index is 0.000000230. The Bertz CT molecular complexity index is 1510. The van der Waals surface area contributed by atoms with Crippen LogP contribution in [0, 0.1) is 13.8 Å². The maximum atomic E-state index is 12.3. The van der Waals surface area contributed by atoms with Crippen LogP contribution in [0.2, 0.25) is 0 Å². The van der Waals surface area contributed by atoms with Gasteiger partial charge in [-0.05, 0) is 73.5 Å². The van der Waals surface area contributed by atoms with E-state index >= 15 is 0 Å².